The maximum absolute atomic E-state index is 13.9. The second kappa shape index (κ2) is 27.7. The van der Waals surface area contributed by atoms with Crippen molar-refractivity contribution in [3.63, 3.8) is 0 Å². The van der Waals surface area contributed by atoms with Crippen molar-refractivity contribution in [3.8, 4) is 0 Å². The number of hydrogen-bond acceptors (Lipinski definition) is 12. The van der Waals surface area contributed by atoms with Crippen molar-refractivity contribution in [3.05, 3.63) is 71.8 Å². The van der Waals surface area contributed by atoms with Crippen LogP contribution < -0.4 is 21.3 Å². The lowest BCUT2D eigenvalue weighted by molar-refractivity contribution is -0.141. The molecule has 0 saturated carbocycles. The summed E-state index contributed by atoms with van der Waals surface area (Å²) in [5.41, 5.74) is 0.271. The third-order valence-corrected chi connectivity index (χ3v) is 12.1. The predicted octanol–water partition coefficient (Wildman–Crippen LogP) is 3.96. The summed E-state index contributed by atoms with van der Waals surface area (Å²) in [6.45, 7) is 13.7. The number of carbonyl (C=O) groups is 3. The molecule has 2 aromatic rings. The van der Waals surface area contributed by atoms with Gasteiger partial charge in [-0.1, -0.05) is 94.8 Å². The van der Waals surface area contributed by atoms with Gasteiger partial charge in [0.05, 0.1) is 31.6 Å². The largest absolute Gasteiger partial charge is 0.481 e. The Bertz CT molecular complexity index is 1660. The Labute approximate surface area is 365 Å². The molecule has 3 rings (SSSR count). The zero-order valence-corrected chi connectivity index (χ0v) is 38.1. The van der Waals surface area contributed by atoms with E-state index in [2.05, 4.69) is 64.3 Å². The molecule has 15 heteroatoms. The van der Waals surface area contributed by atoms with Crippen LogP contribution >= 0.6 is 0 Å². The molecule has 0 radical (unpaired) electrons. The van der Waals surface area contributed by atoms with Crippen LogP contribution in [0.2, 0.25) is 0 Å². The van der Waals surface area contributed by atoms with E-state index < -0.39 is 40.1 Å². The number of ether oxygens (including phenoxy) is 1. The molecule has 1 heterocycles. The fourth-order valence-corrected chi connectivity index (χ4v) is 8.55. The van der Waals surface area contributed by atoms with Crippen molar-refractivity contribution >= 4 is 27.8 Å². The molecule has 0 bridgehead atoms. The van der Waals surface area contributed by atoms with Crippen molar-refractivity contribution in [2.75, 3.05) is 64.8 Å². The number of rotatable bonds is 32. The van der Waals surface area contributed by atoms with Gasteiger partial charge < -0.3 is 36.2 Å². The summed E-state index contributed by atoms with van der Waals surface area (Å²) in [6.07, 6.45) is 4.54. The van der Waals surface area contributed by atoms with E-state index in [0.717, 1.165) is 37.9 Å². The highest BCUT2D eigenvalue weighted by molar-refractivity contribution is 7.86. The van der Waals surface area contributed by atoms with E-state index in [1.54, 1.807) is 0 Å². The molecule has 344 valence electrons. The molecule has 0 unspecified atom stereocenters. The normalized spacial score (nSPS) is 16.8. The van der Waals surface area contributed by atoms with Gasteiger partial charge >= 0.3 is 5.97 Å². The molecular formula is C46H75N5O9S. The summed E-state index contributed by atoms with van der Waals surface area (Å²) >= 11 is 0. The number of Topliss-reactive ketones (excluding diaryl/α,β-unsaturated/α-hetero) is 1. The Morgan fingerprint density at radius 1 is 0.803 bits per heavy atom. The molecule has 1 amide bonds. The number of aliphatic hydroxyl groups is 1. The number of unbranched alkanes of at least 4 members (excludes halogenated alkanes) is 2. The van der Waals surface area contributed by atoms with E-state index in [4.69, 9.17) is 14.0 Å². The minimum Gasteiger partial charge on any atom is -0.481 e. The van der Waals surface area contributed by atoms with Crippen LogP contribution in [0.4, 0.5) is 0 Å². The second-order valence-corrected chi connectivity index (χ2v) is 19.4. The number of aliphatic carboxylic acids is 1. The minimum atomic E-state index is -4.04. The summed E-state index contributed by atoms with van der Waals surface area (Å²) < 4.78 is 35.8. The Balaban J connectivity index is 1.69. The van der Waals surface area contributed by atoms with E-state index >= 15 is 0 Å². The molecule has 2 aromatic carbocycles. The Morgan fingerprint density at radius 3 is 2.02 bits per heavy atom. The average Bonchev–Trinajstić information content (AvgIpc) is 3.21. The van der Waals surface area contributed by atoms with Crippen LogP contribution in [-0.2, 0) is 46.3 Å². The Kier molecular flexibility index (Phi) is 23.7. The summed E-state index contributed by atoms with van der Waals surface area (Å²) in [5.74, 6) is -1.31. The molecule has 0 aromatic heterocycles. The molecule has 5 atom stereocenters. The van der Waals surface area contributed by atoms with Crippen LogP contribution in [0.3, 0.4) is 0 Å². The molecule has 1 aliphatic rings. The molecular weight excluding hydrogens is 799 g/mol. The zero-order valence-electron chi connectivity index (χ0n) is 37.3. The third-order valence-electron chi connectivity index (χ3n) is 10.8. The fraction of sp³-hybridized carbons (Fsp3) is 0.674. The summed E-state index contributed by atoms with van der Waals surface area (Å²) in [6, 6.07) is 19.5. The van der Waals surface area contributed by atoms with E-state index in [0.29, 0.717) is 71.0 Å². The first kappa shape index (κ1) is 52.1. The number of benzene rings is 2. The van der Waals surface area contributed by atoms with Crippen molar-refractivity contribution in [1.82, 2.24) is 26.2 Å². The molecule has 1 aliphatic heterocycles. The highest BCUT2D eigenvalue weighted by Gasteiger charge is 2.38. The van der Waals surface area contributed by atoms with E-state index in [-0.39, 0.29) is 48.5 Å². The Morgan fingerprint density at radius 2 is 1.39 bits per heavy atom. The number of morpholine rings is 1. The molecule has 14 nitrogen and oxygen atoms in total. The number of nitrogens with zero attached hydrogens (tertiary/aromatic N) is 1. The van der Waals surface area contributed by atoms with Crippen LogP contribution in [0, 0.1) is 11.8 Å². The SMILES string of the molecule is CC(C)C[C@H](CN[C@@H](CN[C@@H](CC(C)C)C(=O)[C@](C)(O)COS(=O)(=O)CCCCCC(=O)O)Cc1ccccc1)NC[C@@H](CCc1ccccc1)NC(=O)CN1CCOCC1. The first-order valence-electron chi connectivity index (χ1n) is 22.2. The lowest BCUT2D eigenvalue weighted by Gasteiger charge is -2.31. The Hall–Kier alpha value is -3.28. The van der Waals surface area contributed by atoms with Gasteiger partial charge in [-0.05, 0) is 74.8 Å². The van der Waals surface area contributed by atoms with Gasteiger partial charge in [0.15, 0.2) is 5.78 Å². The molecule has 1 fully saturated rings. The number of hydrogen-bond donors (Lipinski definition) is 6. The molecule has 1 saturated heterocycles. The predicted molar refractivity (Wildman–Crippen MR) is 240 cm³/mol. The highest BCUT2D eigenvalue weighted by atomic mass is 32.2. The number of ketones is 1. The van der Waals surface area contributed by atoms with E-state index in [9.17, 15) is 27.9 Å². The number of carbonyl (C=O) groups excluding carboxylic acids is 2. The standard InChI is InChI=1S/C46H75N5O9S/c1-35(2)27-40(47-30-39(21-20-37-15-9-6-10-16-37)50-43(52)33-51-22-24-59-25-23-51)31-48-41(29-38-17-11-7-12-18-38)32-49-42(28-36(3)4)45(55)46(5,56)34-60-61(57,58)26-14-8-13-19-44(53)54/h6-7,9-12,15-18,35-36,39-42,47-49,56H,8,13-14,19-34H2,1-5H3,(H,50,52)(H,53,54)/t39-,40-,41-,42+,46-/m1/s1. The van der Waals surface area contributed by atoms with Crippen molar-refractivity contribution < 1.29 is 41.9 Å². The monoisotopic (exact) mass is 874 g/mol. The van der Waals surface area contributed by atoms with Gasteiger partial charge in [0.25, 0.3) is 10.1 Å². The smallest absolute Gasteiger partial charge is 0.303 e. The number of carboxylic acid groups (broad SMARTS) is 1. The van der Waals surface area contributed by atoms with E-state index in [1.165, 1.54) is 12.5 Å². The number of nitrogens with one attached hydrogen (secondary N) is 4. The van der Waals surface area contributed by atoms with Crippen LogP contribution in [0.1, 0.15) is 90.7 Å². The summed E-state index contributed by atoms with van der Waals surface area (Å²) in [7, 11) is -4.04. The second-order valence-electron chi connectivity index (χ2n) is 17.7. The highest BCUT2D eigenvalue weighted by Crippen LogP contribution is 2.17. The van der Waals surface area contributed by atoms with Crippen LogP contribution in [-0.4, -0.2) is 136 Å². The number of amides is 1. The lowest BCUT2D eigenvalue weighted by atomic mass is 9.90. The fourth-order valence-electron chi connectivity index (χ4n) is 7.47. The molecule has 6 N–H and O–H groups in total. The first-order chi connectivity index (χ1) is 29.0. The zero-order chi connectivity index (χ0) is 44.7. The third kappa shape index (κ3) is 22.6. The van der Waals surface area contributed by atoms with Crippen molar-refractivity contribution in [1.29, 1.82) is 0 Å². The summed E-state index contributed by atoms with van der Waals surface area (Å²) in [5, 5.41) is 34.4. The van der Waals surface area contributed by atoms with Crippen molar-refractivity contribution in [2.24, 2.45) is 11.8 Å². The number of aryl methyl sites for hydroxylation is 1. The van der Waals surface area contributed by atoms with Gasteiger partial charge in [-0.15, -0.1) is 0 Å². The van der Waals surface area contributed by atoms with E-state index in [1.807, 2.05) is 50.2 Å². The molecule has 0 aliphatic carbocycles. The van der Waals surface area contributed by atoms with Gasteiger partial charge in [-0.3, -0.25) is 23.5 Å². The quantitative estimate of drug-likeness (QED) is 0.0458. The van der Waals surface area contributed by atoms with Crippen molar-refractivity contribution in [2.45, 2.75) is 122 Å². The van der Waals surface area contributed by atoms with Crippen LogP contribution in [0.25, 0.3) is 0 Å². The molecule has 61 heavy (non-hydrogen) atoms. The molecule has 0 spiro atoms. The minimum absolute atomic E-state index is 0.0110. The van der Waals surface area contributed by atoms with Crippen LogP contribution in [0.15, 0.2) is 60.7 Å². The average molecular weight is 874 g/mol. The van der Waals surface area contributed by atoms with Gasteiger partial charge in [-0.2, -0.15) is 8.42 Å². The number of carboxylic acids is 1. The van der Waals surface area contributed by atoms with Gasteiger partial charge in [-0.25, -0.2) is 0 Å². The van der Waals surface area contributed by atoms with Gasteiger partial charge in [0.2, 0.25) is 5.91 Å². The van der Waals surface area contributed by atoms with Gasteiger partial charge in [0, 0.05) is 57.3 Å². The summed E-state index contributed by atoms with van der Waals surface area (Å²) in [4.78, 5) is 40.1. The maximum Gasteiger partial charge on any atom is 0.303 e. The van der Waals surface area contributed by atoms with Gasteiger partial charge in [0.1, 0.15) is 12.2 Å². The lowest BCUT2D eigenvalue weighted by Crippen LogP contribution is -2.55. The van der Waals surface area contributed by atoms with Crippen LogP contribution in [0.5, 0.6) is 0 Å². The topological polar surface area (TPSA) is 196 Å². The maximum atomic E-state index is 13.9. The first-order valence-corrected chi connectivity index (χ1v) is 23.8.